The van der Waals surface area contributed by atoms with Crippen LogP contribution in [0, 0.1) is 5.82 Å². The minimum absolute atomic E-state index is 0.0453. The number of aromatic nitrogens is 2. The molecule has 2 N–H and O–H groups in total. The minimum atomic E-state index is -4.18. The molecule has 182 valence electrons. The van der Waals surface area contributed by atoms with Gasteiger partial charge < -0.3 is 19.9 Å². The van der Waals surface area contributed by atoms with Crippen molar-refractivity contribution in [2.45, 2.75) is 17.2 Å². The molecule has 0 spiro atoms. The summed E-state index contributed by atoms with van der Waals surface area (Å²) in [6.07, 6.45) is 5.49. The summed E-state index contributed by atoms with van der Waals surface area (Å²) < 4.78 is 53.3. The van der Waals surface area contributed by atoms with Gasteiger partial charge in [0.15, 0.2) is 6.61 Å². The van der Waals surface area contributed by atoms with Crippen LogP contribution in [0.2, 0.25) is 0 Å². The average Bonchev–Trinajstić information content (AvgIpc) is 3.26. The second kappa shape index (κ2) is 9.41. The first-order valence-electron chi connectivity index (χ1n) is 10.3. The number of esters is 2. The highest BCUT2D eigenvalue weighted by atomic mass is 32.2. The Morgan fingerprint density at radius 2 is 1.97 bits per heavy atom. The van der Waals surface area contributed by atoms with Crippen molar-refractivity contribution in [3.05, 3.63) is 84.1 Å². The van der Waals surface area contributed by atoms with Crippen LogP contribution in [0.4, 0.5) is 4.39 Å². The molecule has 35 heavy (non-hydrogen) atoms. The highest BCUT2D eigenvalue weighted by Gasteiger charge is 2.40. The summed E-state index contributed by atoms with van der Waals surface area (Å²) in [6, 6.07) is 8.09. The third-order valence-electron chi connectivity index (χ3n) is 5.15. The third-order valence-corrected chi connectivity index (χ3v) is 6.80. The van der Waals surface area contributed by atoms with Gasteiger partial charge in [-0.3, -0.25) is 4.98 Å². The maximum absolute atomic E-state index is 15.9. The quantitative estimate of drug-likeness (QED) is 0.481. The van der Waals surface area contributed by atoms with E-state index in [2.05, 4.69) is 10.3 Å². The molecule has 0 saturated carbocycles. The van der Waals surface area contributed by atoms with E-state index in [1.807, 2.05) is 0 Å². The Morgan fingerprint density at radius 3 is 2.69 bits per heavy atom. The second-order valence-electron chi connectivity index (χ2n) is 7.57. The monoisotopic (exact) mass is 501 g/mol. The van der Waals surface area contributed by atoms with Crippen molar-refractivity contribution in [1.82, 2.24) is 14.3 Å². The lowest BCUT2D eigenvalue weighted by Gasteiger charge is -2.29. The van der Waals surface area contributed by atoms with E-state index < -0.39 is 45.7 Å². The number of pyridine rings is 1. The Balaban J connectivity index is 1.88. The van der Waals surface area contributed by atoms with Crippen molar-refractivity contribution in [2.75, 3.05) is 13.7 Å². The standard InChI is InChI=1S/C23H20FN3O7S/c1-25-11-15-10-19(27(13-15)35(31,32)16-4-3-9-26-12-16)17-5-2-6-18(22(17)24)23(30)14-33-20(28)7-8-21(29)34-23/h2-10,12-13,25,30H,11,14H2,1H3/b8-7+. The molecular weight excluding hydrogens is 481 g/mol. The number of rotatable bonds is 6. The molecule has 0 bridgehead atoms. The first-order chi connectivity index (χ1) is 16.7. The molecule has 0 saturated heterocycles. The van der Waals surface area contributed by atoms with Crippen molar-refractivity contribution in [3.63, 3.8) is 0 Å². The van der Waals surface area contributed by atoms with Crippen LogP contribution in [0.1, 0.15) is 11.1 Å². The molecule has 1 unspecified atom stereocenters. The van der Waals surface area contributed by atoms with E-state index in [4.69, 9.17) is 9.47 Å². The van der Waals surface area contributed by atoms with Crippen molar-refractivity contribution in [3.8, 4) is 11.3 Å². The van der Waals surface area contributed by atoms with Crippen molar-refractivity contribution >= 4 is 22.0 Å². The van der Waals surface area contributed by atoms with Gasteiger partial charge in [0, 0.05) is 42.9 Å². The Morgan fingerprint density at radius 1 is 1.20 bits per heavy atom. The van der Waals surface area contributed by atoms with Gasteiger partial charge in [-0.1, -0.05) is 6.07 Å². The Bertz CT molecular complexity index is 1420. The lowest BCUT2D eigenvalue weighted by Crippen LogP contribution is -2.39. The lowest BCUT2D eigenvalue weighted by molar-refractivity contribution is -0.232. The Kier molecular flexibility index (Phi) is 6.52. The van der Waals surface area contributed by atoms with Gasteiger partial charge in [-0.2, -0.15) is 0 Å². The zero-order chi connectivity index (χ0) is 25.2. The van der Waals surface area contributed by atoms with Crippen molar-refractivity contribution < 1.29 is 37.0 Å². The third kappa shape index (κ3) is 4.71. The van der Waals surface area contributed by atoms with Gasteiger partial charge in [0.05, 0.1) is 11.3 Å². The molecule has 0 radical (unpaired) electrons. The molecule has 2 aromatic heterocycles. The van der Waals surface area contributed by atoms with E-state index in [-0.39, 0.29) is 22.7 Å². The Labute approximate surface area is 199 Å². The SMILES string of the molecule is CNCc1cc(-c2cccc(C3(O)COC(=O)/C=C/C(=O)O3)c2F)n(S(=O)(=O)c2cccnc2)c1. The van der Waals surface area contributed by atoms with Crippen LogP contribution >= 0.6 is 0 Å². The number of hydrogen-bond acceptors (Lipinski definition) is 9. The van der Waals surface area contributed by atoms with Crippen LogP contribution < -0.4 is 5.32 Å². The summed E-state index contributed by atoms with van der Waals surface area (Å²) in [5.41, 5.74) is -0.232. The van der Waals surface area contributed by atoms with E-state index in [9.17, 15) is 23.1 Å². The van der Waals surface area contributed by atoms with Gasteiger partial charge >= 0.3 is 11.9 Å². The van der Waals surface area contributed by atoms with Crippen molar-refractivity contribution in [1.29, 1.82) is 0 Å². The molecule has 0 fully saturated rings. The number of cyclic esters (lactones) is 2. The minimum Gasteiger partial charge on any atom is -0.455 e. The number of nitrogens with zero attached hydrogens (tertiary/aromatic N) is 2. The summed E-state index contributed by atoms with van der Waals surface area (Å²) in [7, 11) is -2.51. The molecule has 3 aromatic rings. The van der Waals surface area contributed by atoms with Crippen LogP contribution in [-0.2, 0) is 41.4 Å². The van der Waals surface area contributed by atoms with Gasteiger partial charge in [0.1, 0.15) is 10.7 Å². The largest absolute Gasteiger partial charge is 0.455 e. The smallest absolute Gasteiger partial charge is 0.333 e. The fraction of sp³-hybridized carbons (Fsp3) is 0.174. The molecular formula is C23H20FN3O7S. The summed E-state index contributed by atoms with van der Waals surface area (Å²) in [5.74, 6) is -5.73. The summed E-state index contributed by atoms with van der Waals surface area (Å²) >= 11 is 0. The fourth-order valence-corrected chi connectivity index (χ4v) is 4.91. The normalized spacial score (nSPS) is 19.4. The maximum Gasteiger partial charge on any atom is 0.333 e. The zero-order valence-corrected chi connectivity index (χ0v) is 19.2. The molecule has 4 rings (SSSR count). The van der Waals surface area contributed by atoms with E-state index >= 15 is 4.39 Å². The number of nitrogens with one attached hydrogen (secondary N) is 1. The molecule has 3 heterocycles. The number of carbonyl (C=O) groups is 2. The number of aliphatic hydroxyl groups is 1. The molecule has 1 aromatic carbocycles. The van der Waals surface area contributed by atoms with E-state index in [0.717, 1.165) is 22.2 Å². The predicted molar refractivity (Wildman–Crippen MR) is 119 cm³/mol. The number of ether oxygens (including phenoxy) is 2. The molecule has 10 nitrogen and oxygen atoms in total. The van der Waals surface area contributed by atoms with Crippen molar-refractivity contribution in [2.24, 2.45) is 0 Å². The molecule has 1 aliphatic rings. The molecule has 12 heteroatoms. The van der Waals surface area contributed by atoms with Gasteiger partial charge in [0.25, 0.3) is 15.8 Å². The topological polar surface area (TPSA) is 137 Å². The van der Waals surface area contributed by atoms with E-state index in [1.54, 1.807) is 7.05 Å². The zero-order valence-electron chi connectivity index (χ0n) is 18.3. The first-order valence-corrected chi connectivity index (χ1v) is 11.7. The predicted octanol–water partition coefficient (Wildman–Crippen LogP) is 1.45. The first kappa shape index (κ1) is 24.3. The molecule has 0 aliphatic carbocycles. The average molecular weight is 501 g/mol. The van der Waals surface area contributed by atoms with Gasteiger partial charge in [0.2, 0.25) is 0 Å². The summed E-state index contributed by atoms with van der Waals surface area (Å²) in [5, 5.41) is 13.9. The number of carbonyl (C=O) groups excluding carboxylic acids is 2. The lowest BCUT2D eigenvalue weighted by atomic mass is 10.00. The highest BCUT2D eigenvalue weighted by molar-refractivity contribution is 7.90. The Hall–Kier alpha value is -3.87. The summed E-state index contributed by atoms with van der Waals surface area (Å²) in [6.45, 7) is -0.587. The fourth-order valence-electron chi connectivity index (χ4n) is 3.55. The molecule has 0 amide bonds. The van der Waals surface area contributed by atoms with Crippen LogP contribution in [0.15, 0.2) is 72.0 Å². The summed E-state index contributed by atoms with van der Waals surface area (Å²) in [4.78, 5) is 27.3. The van der Waals surface area contributed by atoms with Gasteiger partial charge in [-0.15, -0.1) is 0 Å². The van der Waals surface area contributed by atoms with Crippen LogP contribution in [0.5, 0.6) is 0 Å². The number of benzene rings is 1. The number of hydrogen-bond donors (Lipinski definition) is 2. The highest BCUT2D eigenvalue weighted by Crippen LogP contribution is 2.35. The molecule has 1 atom stereocenters. The van der Waals surface area contributed by atoms with Crippen LogP contribution in [0.25, 0.3) is 11.3 Å². The molecule has 1 aliphatic heterocycles. The van der Waals surface area contributed by atoms with Crippen LogP contribution in [-0.4, -0.2) is 48.1 Å². The van der Waals surface area contributed by atoms with E-state index in [1.165, 1.54) is 48.9 Å². The van der Waals surface area contributed by atoms with Gasteiger partial charge in [-0.05, 0) is 42.9 Å². The number of halogens is 1. The van der Waals surface area contributed by atoms with Crippen LogP contribution in [0.3, 0.4) is 0 Å². The maximum atomic E-state index is 15.9. The van der Waals surface area contributed by atoms with E-state index in [0.29, 0.717) is 5.56 Å². The van der Waals surface area contributed by atoms with Gasteiger partial charge in [-0.25, -0.2) is 26.4 Å². The second-order valence-corrected chi connectivity index (χ2v) is 9.38.